The van der Waals surface area contributed by atoms with Crippen LogP contribution in [0.25, 0.3) is 0 Å². The van der Waals surface area contributed by atoms with Gasteiger partial charge in [-0.2, -0.15) is 13.2 Å². The number of nitrogens with zero attached hydrogens (tertiary/aromatic N) is 2. The summed E-state index contributed by atoms with van der Waals surface area (Å²) in [6.45, 7) is 3.85. The molecule has 34 heavy (non-hydrogen) atoms. The van der Waals surface area contributed by atoms with Crippen molar-refractivity contribution in [2.75, 3.05) is 32.8 Å². The molecule has 2 saturated heterocycles. The van der Waals surface area contributed by atoms with E-state index < -0.39 is 17.6 Å². The van der Waals surface area contributed by atoms with Crippen LogP contribution in [0, 0.1) is 11.3 Å². The highest BCUT2D eigenvalue weighted by atomic mass is 19.4. The van der Waals surface area contributed by atoms with Gasteiger partial charge in [-0.3, -0.25) is 9.59 Å². The predicted octanol–water partition coefficient (Wildman–Crippen LogP) is 3.68. The van der Waals surface area contributed by atoms with Crippen LogP contribution in [0.3, 0.4) is 0 Å². The summed E-state index contributed by atoms with van der Waals surface area (Å²) in [5.74, 6) is -0.745. The summed E-state index contributed by atoms with van der Waals surface area (Å²) in [5.41, 5.74) is -1.42. The monoisotopic (exact) mass is 481 g/mol. The molecule has 1 aliphatic carbocycles. The molecule has 1 spiro atoms. The molecule has 0 aromatic heterocycles. The zero-order valence-electron chi connectivity index (χ0n) is 19.2. The number of alkyl halides is 3. The molecule has 10 heteroatoms. The first-order valence-electron chi connectivity index (χ1n) is 11.8. The Morgan fingerprint density at radius 3 is 2.32 bits per heavy atom. The van der Waals surface area contributed by atoms with Gasteiger partial charge in [0.1, 0.15) is 0 Å². The van der Waals surface area contributed by atoms with Crippen LogP contribution in [-0.2, 0) is 15.7 Å². The van der Waals surface area contributed by atoms with Gasteiger partial charge in [-0.15, -0.1) is 0 Å². The maximum atomic E-state index is 13.3. The standard InChI is InChI=1S/C24H30F3N3O4/c1-2-34-22(33)30-11-7-16(8-12-30)28-20(31)19-15-23(19)9-13-29(14-10-23)21(32)17-5-3-4-6-18(17)24(25,26)27/h3-6,16,19H,2,7-15H2,1H3,(H,28,31)/t19-/m1/s1. The first kappa shape index (κ1) is 24.3. The third-order valence-electron chi connectivity index (χ3n) is 7.38. The number of ether oxygens (including phenoxy) is 1. The van der Waals surface area contributed by atoms with Gasteiger partial charge < -0.3 is 19.9 Å². The highest BCUT2D eigenvalue weighted by Gasteiger charge is 2.59. The van der Waals surface area contributed by atoms with Gasteiger partial charge in [-0.05, 0) is 56.6 Å². The SMILES string of the molecule is CCOC(=O)N1CCC(NC(=O)[C@H]2CC23CCN(C(=O)c2ccccc2C(F)(F)F)CC3)CC1. The minimum atomic E-state index is -4.59. The summed E-state index contributed by atoms with van der Waals surface area (Å²) >= 11 is 0. The molecule has 1 atom stereocenters. The third kappa shape index (κ3) is 5.00. The third-order valence-corrected chi connectivity index (χ3v) is 7.38. The summed E-state index contributed by atoms with van der Waals surface area (Å²) in [7, 11) is 0. The van der Waals surface area contributed by atoms with Gasteiger partial charge in [-0.25, -0.2) is 4.79 Å². The largest absolute Gasteiger partial charge is 0.450 e. The van der Waals surface area contributed by atoms with Crippen LogP contribution in [0.5, 0.6) is 0 Å². The summed E-state index contributed by atoms with van der Waals surface area (Å²) in [6.07, 6.45) is -1.63. The summed E-state index contributed by atoms with van der Waals surface area (Å²) in [5, 5.41) is 3.10. The van der Waals surface area contributed by atoms with E-state index in [0.717, 1.165) is 12.5 Å². The fourth-order valence-corrected chi connectivity index (χ4v) is 5.24. The van der Waals surface area contributed by atoms with Crippen molar-refractivity contribution in [3.8, 4) is 0 Å². The molecule has 0 radical (unpaired) electrons. The fraction of sp³-hybridized carbons (Fsp3) is 0.625. The van der Waals surface area contributed by atoms with Crippen molar-refractivity contribution >= 4 is 17.9 Å². The molecule has 3 amide bonds. The lowest BCUT2D eigenvalue weighted by Gasteiger charge is -2.34. The van der Waals surface area contributed by atoms with E-state index in [-0.39, 0.29) is 34.9 Å². The summed E-state index contributed by atoms with van der Waals surface area (Å²) in [6, 6.07) is 4.87. The Labute approximate surface area is 196 Å². The Hall–Kier alpha value is -2.78. The van der Waals surface area contributed by atoms with Crippen molar-refractivity contribution < 1.29 is 32.3 Å². The molecule has 3 fully saturated rings. The van der Waals surface area contributed by atoms with E-state index in [1.807, 2.05) is 0 Å². The topological polar surface area (TPSA) is 79.0 Å². The van der Waals surface area contributed by atoms with Crippen LogP contribution in [-0.4, -0.2) is 66.5 Å². The smallest absolute Gasteiger partial charge is 0.417 e. The molecule has 1 saturated carbocycles. The Bertz CT molecular complexity index is 936. The maximum absolute atomic E-state index is 13.3. The highest BCUT2D eigenvalue weighted by molar-refractivity contribution is 5.96. The number of piperidine rings is 2. The van der Waals surface area contributed by atoms with E-state index in [0.29, 0.717) is 58.5 Å². The van der Waals surface area contributed by atoms with Gasteiger partial charge >= 0.3 is 12.3 Å². The molecule has 0 unspecified atom stereocenters. The van der Waals surface area contributed by atoms with Gasteiger partial charge in [0.25, 0.3) is 5.91 Å². The Morgan fingerprint density at radius 2 is 1.71 bits per heavy atom. The highest BCUT2D eigenvalue weighted by Crippen LogP contribution is 2.59. The number of halogens is 3. The van der Waals surface area contributed by atoms with Crippen molar-refractivity contribution in [1.82, 2.24) is 15.1 Å². The van der Waals surface area contributed by atoms with E-state index in [2.05, 4.69) is 5.32 Å². The number of carbonyl (C=O) groups is 3. The summed E-state index contributed by atoms with van der Waals surface area (Å²) in [4.78, 5) is 40.6. The van der Waals surface area contributed by atoms with Gasteiger partial charge in [0.15, 0.2) is 0 Å². The molecule has 0 bridgehead atoms. The maximum Gasteiger partial charge on any atom is 0.417 e. The molecule has 1 N–H and O–H groups in total. The van der Waals surface area contributed by atoms with Crippen LogP contribution >= 0.6 is 0 Å². The van der Waals surface area contributed by atoms with Crippen molar-refractivity contribution in [2.45, 2.75) is 51.2 Å². The van der Waals surface area contributed by atoms with E-state index in [4.69, 9.17) is 4.74 Å². The van der Waals surface area contributed by atoms with Crippen LogP contribution < -0.4 is 5.32 Å². The van der Waals surface area contributed by atoms with Crippen LogP contribution in [0.2, 0.25) is 0 Å². The first-order chi connectivity index (χ1) is 16.1. The van der Waals surface area contributed by atoms with Gasteiger partial charge in [0, 0.05) is 38.1 Å². The van der Waals surface area contributed by atoms with Crippen molar-refractivity contribution in [2.24, 2.45) is 11.3 Å². The molecule has 7 nitrogen and oxygen atoms in total. The van der Waals surface area contributed by atoms with Gasteiger partial charge in [-0.1, -0.05) is 12.1 Å². The number of hydrogen-bond acceptors (Lipinski definition) is 4. The predicted molar refractivity (Wildman–Crippen MR) is 117 cm³/mol. The molecule has 1 aromatic rings. The molecule has 2 aliphatic heterocycles. The number of hydrogen-bond donors (Lipinski definition) is 1. The second-order valence-corrected chi connectivity index (χ2v) is 9.42. The Balaban J connectivity index is 1.27. The number of carbonyl (C=O) groups excluding carboxylic acids is 3. The lowest BCUT2D eigenvalue weighted by Crippen LogP contribution is -2.47. The molecule has 3 aliphatic rings. The van der Waals surface area contributed by atoms with Crippen LogP contribution in [0.4, 0.5) is 18.0 Å². The van der Waals surface area contributed by atoms with E-state index >= 15 is 0 Å². The molecular formula is C24H30F3N3O4. The fourth-order valence-electron chi connectivity index (χ4n) is 5.24. The number of nitrogens with one attached hydrogen (secondary N) is 1. The Morgan fingerprint density at radius 1 is 1.06 bits per heavy atom. The zero-order valence-corrected chi connectivity index (χ0v) is 19.2. The normalized spacial score (nSPS) is 22.4. The minimum Gasteiger partial charge on any atom is -0.450 e. The number of benzene rings is 1. The van der Waals surface area contributed by atoms with Gasteiger partial charge in [0.2, 0.25) is 5.91 Å². The minimum absolute atomic E-state index is 0.00298. The van der Waals surface area contributed by atoms with E-state index in [1.54, 1.807) is 11.8 Å². The zero-order chi connectivity index (χ0) is 24.5. The molecule has 186 valence electrons. The van der Waals surface area contributed by atoms with Gasteiger partial charge in [0.05, 0.1) is 17.7 Å². The molecule has 4 rings (SSSR count). The lowest BCUT2D eigenvalue weighted by atomic mass is 9.90. The van der Waals surface area contributed by atoms with E-state index in [9.17, 15) is 27.6 Å². The second kappa shape index (κ2) is 9.46. The molecule has 2 heterocycles. The lowest BCUT2D eigenvalue weighted by molar-refractivity contribution is -0.138. The average molecular weight is 482 g/mol. The number of likely N-dealkylation sites (tertiary alicyclic amines) is 2. The first-order valence-corrected chi connectivity index (χ1v) is 11.8. The van der Waals surface area contributed by atoms with Crippen molar-refractivity contribution in [1.29, 1.82) is 0 Å². The Kier molecular flexibility index (Phi) is 6.78. The molecular weight excluding hydrogens is 451 g/mol. The van der Waals surface area contributed by atoms with Crippen LogP contribution in [0.15, 0.2) is 24.3 Å². The molecule has 1 aromatic carbocycles. The second-order valence-electron chi connectivity index (χ2n) is 9.42. The average Bonchev–Trinajstić information content (AvgIpc) is 3.52. The number of amides is 3. The van der Waals surface area contributed by atoms with Crippen molar-refractivity contribution in [3.05, 3.63) is 35.4 Å². The van der Waals surface area contributed by atoms with Crippen LogP contribution in [0.1, 0.15) is 54.9 Å². The number of rotatable bonds is 4. The van der Waals surface area contributed by atoms with E-state index in [1.165, 1.54) is 23.1 Å². The summed E-state index contributed by atoms with van der Waals surface area (Å²) < 4.78 is 44.9. The van der Waals surface area contributed by atoms with Crippen molar-refractivity contribution in [3.63, 3.8) is 0 Å². The quantitative estimate of drug-likeness (QED) is 0.712.